The minimum Gasteiger partial charge on any atom is -0.379 e. The van der Waals surface area contributed by atoms with E-state index in [4.69, 9.17) is 4.74 Å². The summed E-state index contributed by atoms with van der Waals surface area (Å²) in [5, 5.41) is 2.00. The van der Waals surface area contributed by atoms with Crippen molar-refractivity contribution in [1.82, 2.24) is 14.7 Å². The van der Waals surface area contributed by atoms with Crippen molar-refractivity contribution in [2.45, 2.75) is 97.1 Å². The summed E-state index contributed by atoms with van der Waals surface area (Å²) in [6.07, 6.45) is 14.1. The number of carbonyl (C=O) groups excluding carboxylic acids is 2. The van der Waals surface area contributed by atoms with Crippen LogP contribution >= 0.6 is 11.3 Å². The maximum absolute atomic E-state index is 13.7. The van der Waals surface area contributed by atoms with E-state index in [2.05, 4.69) is 11.8 Å². The lowest BCUT2D eigenvalue weighted by molar-refractivity contribution is -0.141. The first kappa shape index (κ1) is 34.2. The van der Waals surface area contributed by atoms with Crippen LogP contribution in [-0.4, -0.2) is 72.5 Å². The third kappa shape index (κ3) is 13.8. The summed E-state index contributed by atoms with van der Waals surface area (Å²) < 4.78 is 19.0. The summed E-state index contributed by atoms with van der Waals surface area (Å²) in [6.45, 7) is 7.55. The van der Waals surface area contributed by atoms with Crippen LogP contribution < -0.4 is 0 Å². The fourth-order valence-electron chi connectivity index (χ4n) is 5.37. The first-order valence-electron chi connectivity index (χ1n) is 16.2. The highest BCUT2D eigenvalue weighted by Gasteiger charge is 2.23. The number of morpholine rings is 1. The van der Waals surface area contributed by atoms with Crippen LogP contribution in [0.25, 0.3) is 0 Å². The molecule has 42 heavy (non-hydrogen) atoms. The maximum atomic E-state index is 13.7. The summed E-state index contributed by atoms with van der Waals surface area (Å²) in [4.78, 5) is 34.1. The number of hydrogen-bond donors (Lipinski definition) is 0. The molecule has 8 heteroatoms. The van der Waals surface area contributed by atoms with Gasteiger partial charge < -0.3 is 14.5 Å². The highest BCUT2D eigenvalue weighted by molar-refractivity contribution is 7.09. The molecule has 234 valence electrons. The topological polar surface area (TPSA) is 53.1 Å². The molecule has 0 aliphatic carbocycles. The molecule has 1 aromatic carbocycles. The van der Waals surface area contributed by atoms with E-state index in [9.17, 15) is 14.0 Å². The predicted molar refractivity (Wildman–Crippen MR) is 170 cm³/mol. The minimum absolute atomic E-state index is 0.0605. The number of unbranched alkanes of at least 4 members (excludes halogenated alkanes) is 10. The normalized spacial score (nSPS) is 13.8. The van der Waals surface area contributed by atoms with Crippen LogP contribution in [0.2, 0.25) is 0 Å². The third-order valence-corrected chi connectivity index (χ3v) is 8.89. The Morgan fingerprint density at radius 2 is 1.48 bits per heavy atom. The van der Waals surface area contributed by atoms with Crippen molar-refractivity contribution >= 4 is 23.2 Å². The molecule has 2 aromatic rings. The molecule has 2 heterocycles. The largest absolute Gasteiger partial charge is 0.379 e. The summed E-state index contributed by atoms with van der Waals surface area (Å²) in [7, 11) is 0. The third-order valence-electron chi connectivity index (χ3n) is 8.03. The Labute approximate surface area is 257 Å². The molecule has 6 nitrogen and oxygen atoms in total. The number of nitrogens with zero attached hydrogens (tertiary/aromatic N) is 3. The van der Waals surface area contributed by atoms with E-state index in [1.807, 2.05) is 17.5 Å². The molecule has 0 N–H and O–H groups in total. The Bertz CT molecular complexity index is 996. The fraction of sp³-hybridized carbons (Fsp3) is 0.647. The monoisotopic (exact) mass is 601 g/mol. The molecule has 3 rings (SSSR count). The van der Waals surface area contributed by atoms with Crippen LogP contribution in [0.4, 0.5) is 4.39 Å². The van der Waals surface area contributed by atoms with Gasteiger partial charge in [-0.25, -0.2) is 4.39 Å². The van der Waals surface area contributed by atoms with Crippen molar-refractivity contribution in [3.8, 4) is 0 Å². The first-order valence-corrected chi connectivity index (χ1v) is 17.1. The number of rotatable bonds is 21. The Kier molecular flexibility index (Phi) is 16.8. The lowest BCUT2D eigenvalue weighted by atomic mass is 10.1. The van der Waals surface area contributed by atoms with Gasteiger partial charge in [0.2, 0.25) is 11.8 Å². The first-order chi connectivity index (χ1) is 20.5. The molecule has 0 atom stereocenters. The minimum atomic E-state index is -0.294. The summed E-state index contributed by atoms with van der Waals surface area (Å²) in [5.41, 5.74) is 0.869. The van der Waals surface area contributed by atoms with Gasteiger partial charge in [-0.1, -0.05) is 89.3 Å². The second-order valence-corrected chi connectivity index (χ2v) is 12.5. The van der Waals surface area contributed by atoms with Gasteiger partial charge in [0.1, 0.15) is 5.82 Å². The highest BCUT2D eigenvalue weighted by Crippen LogP contribution is 2.17. The molecule has 1 fully saturated rings. The van der Waals surface area contributed by atoms with Crippen LogP contribution in [0.5, 0.6) is 0 Å². The molecular formula is C34H52FN3O3S. The van der Waals surface area contributed by atoms with Gasteiger partial charge in [-0.15, -0.1) is 11.3 Å². The maximum Gasteiger partial charge on any atom is 0.242 e. The second kappa shape index (κ2) is 20.6. The molecule has 1 aliphatic heterocycles. The van der Waals surface area contributed by atoms with Crippen LogP contribution in [0.3, 0.4) is 0 Å². The SMILES string of the molecule is CCCCCCCCCCCCCC(=O)N(CCN1CCOCC1)CC(=O)N(Cc1ccc(F)cc1)Cc1cccs1. The van der Waals surface area contributed by atoms with Crippen molar-refractivity contribution < 1.29 is 18.7 Å². The van der Waals surface area contributed by atoms with Crippen LogP contribution in [0.15, 0.2) is 41.8 Å². The molecule has 2 amide bonds. The van der Waals surface area contributed by atoms with Crippen molar-refractivity contribution in [2.75, 3.05) is 45.9 Å². The molecular weight excluding hydrogens is 549 g/mol. The van der Waals surface area contributed by atoms with Crippen molar-refractivity contribution in [3.63, 3.8) is 0 Å². The van der Waals surface area contributed by atoms with E-state index >= 15 is 0 Å². The molecule has 0 saturated carbocycles. The lowest BCUT2D eigenvalue weighted by Gasteiger charge is -2.31. The van der Waals surface area contributed by atoms with Crippen LogP contribution in [-0.2, 0) is 27.4 Å². The highest BCUT2D eigenvalue weighted by atomic mass is 32.1. The predicted octanol–water partition coefficient (Wildman–Crippen LogP) is 7.28. The van der Waals surface area contributed by atoms with Gasteiger partial charge in [-0.05, 0) is 35.6 Å². The van der Waals surface area contributed by atoms with Gasteiger partial charge in [-0.2, -0.15) is 0 Å². The van der Waals surface area contributed by atoms with E-state index in [0.29, 0.717) is 39.3 Å². The van der Waals surface area contributed by atoms with Crippen molar-refractivity contribution in [3.05, 3.63) is 58.0 Å². The van der Waals surface area contributed by atoms with E-state index in [0.717, 1.165) is 42.9 Å². The molecule has 0 bridgehead atoms. The number of halogens is 1. The Balaban J connectivity index is 1.52. The Morgan fingerprint density at radius 1 is 0.833 bits per heavy atom. The van der Waals surface area contributed by atoms with Crippen molar-refractivity contribution in [1.29, 1.82) is 0 Å². The van der Waals surface area contributed by atoms with Crippen molar-refractivity contribution in [2.24, 2.45) is 0 Å². The number of carbonyl (C=O) groups is 2. The Hall–Kier alpha value is -2.29. The van der Waals surface area contributed by atoms with Gasteiger partial charge in [-0.3, -0.25) is 14.5 Å². The quantitative estimate of drug-likeness (QED) is 0.141. The molecule has 0 unspecified atom stereocenters. The van der Waals surface area contributed by atoms with Gasteiger partial charge in [0.05, 0.1) is 26.3 Å². The smallest absolute Gasteiger partial charge is 0.242 e. The Morgan fingerprint density at radius 3 is 2.10 bits per heavy atom. The molecule has 0 radical (unpaired) electrons. The van der Waals surface area contributed by atoms with E-state index in [1.165, 1.54) is 69.9 Å². The summed E-state index contributed by atoms with van der Waals surface area (Å²) in [6, 6.07) is 10.3. The number of benzene rings is 1. The molecule has 0 spiro atoms. The number of ether oxygens (including phenoxy) is 1. The van der Waals surface area contributed by atoms with Gasteiger partial charge in [0.15, 0.2) is 0 Å². The zero-order valence-corrected chi connectivity index (χ0v) is 26.6. The lowest BCUT2D eigenvalue weighted by Crippen LogP contribution is -2.47. The molecule has 1 aromatic heterocycles. The summed E-state index contributed by atoms with van der Waals surface area (Å²) in [5.74, 6) is -0.315. The van der Waals surface area contributed by atoms with Gasteiger partial charge in [0, 0.05) is 44.0 Å². The van der Waals surface area contributed by atoms with Gasteiger partial charge >= 0.3 is 0 Å². The molecule has 1 saturated heterocycles. The fourth-order valence-corrected chi connectivity index (χ4v) is 6.09. The number of amides is 2. The van der Waals surface area contributed by atoms with Crippen LogP contribution in [0, 0.1) is 5.82 Å². The van der Waals surface area contributed by atoms with Gasteiger partial charge in [0.25, 0.3) is 0 Å². The molecule has 1 aliphatic rings. The number of hydrogen-bond acceptors (Lipinski definition) is 5. The zero-order chi connectivity index (χ0) is 29.8. The second-order valence-electron chi connectivity index (χ2n) is 11.5. The average molecular weight is 602 g/mol. The average Bonchev–Trinajstić information content (AvgIpc) is 3.52. The van der Waals surface area contributed by atoms with E-state index < -0.39 is 0 Å². The van der Waals surface area contributed by atoms with Crippen LogP contribution in [0.1, 0.15) is 94.4 Å². The summed E-state index contributed by atoms with van der Waals surface area (Å²) >= 11 is 1.61. The standard InChI is InChI=1S/C34H52FN3O3S/c1-2-3-4-5-6-7-8-9-10-11-12-15-33(39)37(21-20-36-22-24-41-25-23-36)29-34(40)38(28-32-14-13-26-42-32)27-30-16-18-31(35)19-17-30/h13-14,16-19,26H,2-12,15,20-25,27-29H2,1H3. The van der Waals surface area contributed by atoms with E-state index in [-0.39, 0.29) is 24.2 Å². The number of thiophene rings is 1. The van der Waals surface area contributed by atoms with E-state index in [1.54, 1.807) is 33.3 Å². The zero-order valence-electron chi connectivity index (χ0n) is 25.7.